The molecule has 0 radical (unpaired) electrons. The Morgan fingerprint density at radius 3 is 2.17 bits per heavy atom. The number of rotatable bonds is 6. The van der Waals surface area contributed by atoms with Gasteiger partial charge in [0, 0.05) is 44.0 Å². The van der Waals surface area contributed by atoms with Gasteiger partial charge in [-0.25, -0.2) is 0 Å². The van der Waals surface area contributed by atoms with Crippen molar-refractivity contribution >= 4 is 11.6 Å². The van der Waals surface area contributed by atoms with Gasteiger partial charge in [-0.05, 0) is 61.9 Å². The third kappa shape index (κ3) is 5.97. The average molecular weight is 405 g/mol. The Labute approximate surface area is 169 Å². The SMILES string of the molecule is CN1CCN(c2ccc(CCCNC(=O)c3ccc(C(F)(F)F)cc3)cc2)CC1. The summed E-state index contributed by atoms with van der Waals surface area (Å²) >= 11 is 0. The summed E-state index contributed by atoms with van der Waals surface area (Å²) in [6, 6.07) is 12.8. The first-order valence-corrected chi connectivity index (χ1v) is 9.81. The Balaban J connectivity index is 1.41. The van der Waals surface area contributed by atoms with Crippen LogP contribution in [-0.2, 0) is 12.6 Å². The molecule has 1 N–H and O–H groups in total. The standard InChI is InChI=1S/C22H26F3N3O/c1-27-13-15-28(16-14-27)20-10-4-17(5-11-20)3-2-12-26-21(29)18-6-8-19(9-7-18)22(23,24)25/h4-11H,2-3,12-16H2,1H3,(H,26,29). The van der Waals surface area contributed by atoms with Crippen LogP contribution < -0.4 is 10.2 Å². The molecule has 3 rings (SSSR count). The fourth-order valence-corrected chi connectivity index (χ4v) is 3.35. The van der Waals surface area contributed by atoms with Crippen molar-refractivity contribution < 1.29 is 18.0 Å². The molecule has 0 atom stereocenters. The maximum absolute atomic E-state index is 12.6. The van der Waals surface area contributed by atoms with Crippen molar-refractivity contribution in [2.24, 2.45) is 0 Å². The first-order valence-electron chi connectivity index (χ1n) is 9.81. The quantitative estimate of drug-likeness (QED) is 0.743. The van der Waals surface area contributed by atoms with E-state index in [1.165, 1.54) is 23.4 Å². The number of benzene rings is 2. The van der Waals surface area contributed by atoms with Gasteiger partial charge in [0.15, 0.2) is 0 Å². The van der Waals surface area contributed by atoms with Gasteiger partial charge in [-0.15, -0.1) is 0 Å². The Hall–Kier alpha value is -2.54. The highest BCUT2D eigenvalue weighted by atomic mass is 19.4. The van der Waals surface area contributed by atoms with Crippen molar-refractivity contribution in [2.45, 2.75) is 19.0 Å². The van der Waals surface area contributed by atoms with Gasteiger partial charge in [-0.2, -0.15) is 13.2 Å². The minimum atomic E-state index is -4.39. The van der Waals surface area contributed by atoms with Crippen LogP contribution in [0.5, 0.6) is 0 Å². The second kappa shape index (κ2) is 9.31. The van der Waals surface area contributed by atoms with Crippen LogP contribution in [0.2, 0.25) is 0 Å². The Bertz CT molecular complexity index is 796. The number of halogens is 3. The van der Waals surface area contributed by atoms with Crippen molar-refractivity contribution in [1.82, 2.24) is 10.2 Å². The first kappa shape index (κ1) is 21.2. The number of nitrogens with zero attached hydrogens (tertiary/aromatic N) is 2. The smallest absolute Gasteiger partial charge is 0.369 e. The molecule has 156 valence electrons. The van der Waals surface area contributed by atoms with E-state index in [1.54, 1.807) is 0 Å². The zero-order valence-electron chi connectivity index (χ0n) is 16.5. The molecular weight excluding hydrogens is 379 g/mol. The maximum atomic E-state index is 12.6. The van der Waals surface area contributed by atoms with E-state index in [0.29, 0.717) is 6.54 Å². The zero-order chi connectivity index (χ0) is 20.9. The molecule has 1 fully saturated rings. The summed E-state index contributed by atoms with van der Waals surface area (Å²) in [5.41, 5.74) is 1.91. The molecule has 1 heterocycles. The molecule has 0 bridgehead atoms. The van der Waals surface area contributed by atoms with Crippen molar-refractivity contribution in [3.8, 4) is 0 Å². The molecular formula is C22H26F3N3O. The summed E-state index contributed by atoms with van der Waals surface area (Å²) in [6.07, 6.45) is -2.80. The highest BCUT2D eigenvalue weighted by molar-refractivity contribution is 5.94. The minimum Gasteiger partial charge on any atom is -0.369 e. The van der Waals surface area contributed by atoms with Gasteiger partial charge in [-0.1, -0.05) is 12.1 Å². The fourth-order valence-electron chi connectivity index (χ4n) is 3.35. The van der Waals surface area contributed by atoms with Crippen molar-refractivity contribution in [3.63, 3.8) is 0 Å². The van der Waals surface area contributed by atoms with Crippen LogP contribution in [0.3, 0.4) is 0 Å². The summed E-state index contributed by atoms with van der Waals surface area (Å²) in [4.78, 5) is 16.8. The summed E-state index contributed by atoms with van der Waals surface area (Å²) in [5.74, 6) is -0.357. The second-order valence-electron chi connectivity index (χ2n) is 7.39. The van der Waals surface area contributed by atoms with E-state index in [9.17, 15) is 18.0 Å². The molecule has 0 aliphatic carbocycles. The van der Waals surface area contributed by atoms with Gasteiger partial charge in [-0.3, -0.25) is 4.79 Å². The molecule has 0 unspecified atom stereocenters. The fraction of sp³-hybridized carbons (Fsp3) is 0.409. The number of carbonyl (C=O) groups is 1. The van der Waals surface area contributed by atoms with Gasteiger partial charge in [0.2, 0.25) is 0 Å². The Morgan fingerprint density at radius 1 is 0.966 bits per heavy atom. The number of carbonyl (C=O) groups excluding carboxylic acids is 1. The molecule has 1 aliphatic rings. The van der Waals surface area contributed by atoms with Crippen molar-refractivity contribution in [1.29, 1.82) is 0 Å². The van der Waals surface area contributed by atoms with Crippen LogP contribution in [-0.4, -0.2) is 50.6 Å². The van der Waals surface area contributed by atoms with E-state index in [0.717, 1.165) is 51.2 Å². The van der Waals surface area contributed by atoms with Crippen LogP contribution >= 0.6 is 0 Å². The van der Waals surface area contributed by atoms with Crippen molar-refractivity contribution in [2.75, 3.05) is 44.7 Å². The number of likely N-dealkylation sites (N-methyl/N-ethyl adjacent to an activating group) is 1. The third-order valence-electron chi connectivity index (χ3n) is 5.21. The minimum absolute atomic E-state index is 0.231. The second-order valence-corrected chi connectivity index (χ2v) is 7.39. The number of aryl methyl sites for hydroxylation is 1. The Kier molecular flexibility index (Phi) is 6.79. The van der Waals surface area contributed by atoms with Crippen molar-refractivity contribution in [3.05, 3.63) is 65.2 Å². The molecule has 2 aromatic carbocycles. The number of nitrogens with one attached hydrogen (secondary N) is 1. The molecule has 2 aromatic rings. The lowest BCUT2D eigenvalue weighted by Gasteiger charge is -2.34. The van der Waals surface area contributed by atoms with Crippen LogP contribution in [0.15, 0.2) is 48.5 Å². The van der Waals surface area contributed by atoms with E-state index in [4.69, 9.17) is 0 Å². The number of amides is 1. The lowest BCUT2D eigenvalue weighted by atomic mass is 10.1. The lowest BCUT2D eigenvalue weighted by molar-refractivity contribution is -0.137. The number of hydrogen-bond donors (Lipinski definition) is 1. The summed E-state index contributed by atoms with van der Waals surface area (Å²) in [5, 5.41) is 2.76. The summed E-state index contributed by atoms with van der Waals surface area (Å²) < 4.78 is 37.7. The average Bonchev–Trinajstić information content (AvgIpc) is 2.71. The molecule has 7 heteroatoms. The van der Waals surface area contributed by atoms with Crippen LogP contribution in [0.4, 0.5) is 18.9 Å². The predicted molar refractivity (Wildman–Crippen MR) is 108 cm³/mol. The maximum Gasteiger partial charge on any atom is 0.416 e. The topological polar surface area (TPSA) is 35.6 Å². The first-order chi connectivity index (χ1) is 13.8. The van der Waals surface area contributed by atoms with Crippen LogP contribution in [0.1, 0.15) is 27.9 Å². The highest BCUT2D eigenvalue weighted by Gasteiger charge is 2.30. The molecule has 0 aromatic heterocycles. The molecule has 0 spiro atoms. The normalized spacial score (nSPS) is 15.4. The summed E-state index contributed by atoms with van der Waals surface area (Å²) in [6.45, 7) is 4.68. The molecule has 0 saturated carbocycles. The molecule has 29 heavy (non-hydrogen) atoms. The number of hydrogen-bond acceptors (Lipinski definition) is 3. The third-order valence-corrected chi connectivity index (χ3v) is 5.21. The number of alkyl halides is 3. The summed E-state index contributed by atoms with van der Waals surface area (Å²) in [7, 11) is 2.14. The number of piperazine rings is 1. The number of anilines is 1. The molecule has 1 saturated heterocycles. The molecule has 4 nitrogen and oxygen atoms in total. The lowest BCUT2D eigenvalue weighted by Crippen LogP contribution is -2.44. The van der Waals surface area contributed by atoms with E-state index >= 15 is 0 Å². The molecule has 1 aliphatic heterocycles. The van der Waals surface area contributed by atoms with Crippen LogP contribution in [0.25, 0.3) is 0 Å². The van der Waals surface area contributed by atoms with Gasteiger partial charge < -0.3 is 15.1 Å². The van der Waals surface area contributed by atoms with Crippen LogP contribution in [0, 0.1) is 0 Å². The highest BCUT2D eigenvalue weighted by Crippen LogP contribution is 2.29. The zero-order valence-corrected chi connectivity index (χ0v) is 16.5. The van der Waals surface area contributed by atoms with E-state index in [1.807, 2.05) is 0 Å². The van der Waals surface area contributed by atoms with Gasteiger partial charge in [0.05, 0.1) is 5.56 Å². The van der Waals surface area contributed by atoms with Gasteiger partial charge in [0.25, 0.3) is 5.91 Å². The van der Waals surface area contributed by atoms with Gasteiger partial charge >= 0.3 is 6.18 Å². The van der Waals surface area contributed by atoms with E-state index in [2.05, 4.69) is 46.4 Å². The van der Waals surface area contributed by atoms with E-state index < -0.39 is 11.7 Å². The largest absolute Gasteiger partial charge is 0.416 e. The van der Waals surface area contributed by atoms with E-state index in [-0.39, 0.29) is 11.5 Å². The monoisotopic (exact) mass is 405 g/mol. The molecule has 1 amide bonds. The predicted octanol–water partition coefficient (Wildman–Crippen LogP) is 3.82. The van der Waals surface area contributed by atoms with Gasteiger partial charge in [0.1, 0.15) is 0 Å². The Morgan fingerprint density at radius 2 is 1.59 bits per heavy atom.